The number of nitrogens with two attached hydrogens (primary N) is 1. The lowest BCUT2D eigenvalue weighted by atomic mass is 10.2. The molecule has 0 aliphatic rings. The van der Waals surface area contributed by atoms with Crippen molar-refractivity contribution < 1.29 is 9.66 Å². The number of nitrogen functional groups attached to an aromatic ring is 1. The molecule has 0 saturated carbocycles. The van der Waals surface area contributed by atoms with Crippen molar-refractivity contribution >= 4 is 23.0 Å². The summed E-state index contributed by atoms with van der Waals surface area (Å²) in [6, 6.07) is 2.53. The molecule has 0 radical (unpaired) electrons. The Morgan fingerprint density at radius 2 is 2.29 bits per heavy atom. The van der Waals surface area contributed by atoms with Crippen molar-refractivity contribution in [3.05, 3.63) is 27.3 Å². The first-order valence-electron chi connectivity index (χ1n) is 3.92. The second-order valence-corrected chi connectivity index (χ2v) is 2.94. The predicted octanol–water partition coefficient (Wildman–Crippen LogP) is 2.23. The molecule has 0 aromatic heterocycles. The summed E-state index contributed by atoms with van der Waals surface area (Å²) in [5.41, 5.74) is 5.24. The number of nitro benzene ring substituents is 1. The second-order valence-electron chi connectivity index (χ2n) is 2.53. The topological polar surface area (TPSA) is 78.4 Å². The van der Waals surface area contributed by atoms with E-state index in [1.54, 1.807) is 6.92 Å². The fraction of sp³-hybridized carbons (Fsp3) is 0.250. The normalized spacial score (nSPS) is 9.86. The molecule has 0 amide bonds. The van der Waals surface area contributed by atoms with E-state index in [-0.39, 0.29) is 22.1 Å². The van der Waals surface area contributed by atoms with Crippen LogP contribution in [-0.2, 0) is 0 Å². The van der Waals surface area contributed by atoms with E-state index in [1.807, 2.05) is 0 Å². The van der Waals surface area contributed by atoms with Gasteiger partial charge < -0.3 is 10.5 Å². The summed E-state index contributed by atoms with van der Waals surface area (Å²) >= 11 is 5.76. The van der Waals surface area contributed by atoms with E-state index < -0.39 is 4.92 Å². The zero-order chi connectivity index (χ0) is 10.7. The molecule has 1 aromatic carbocycles. The van der Waals surface area contributed by atoms with Gasteiger partial charge in [0.05, 0.1) is 22.6 Å². The first-order valence-corrected chi connectivity index (χ1v) is 4.30. The molecule has 1 aromatic rings. The van der Waals surface area contributed by atoms with Crippen molar-refractivity contribution in [3.63, 3.8) is 0 Å². The molecule has 6 heteroatoms. The Bertz CT molecular complexity index is 368. The van der Waals surface area contributed by atoms with Gasteiger partial charge in [-0.2, -0.15) is 0 Å². The Labute approximate surface area is 85.6 Å². The van der Waals surface area contributed by atoms with Crippen LogP contribution in [0.5, 0.6) is 5.75 Å². The average molecular weight is 217 g/mol. The number of nitro groups is 1. The van der Waals surface area contributed by atoms with Gasteiger partial charge in [-0.3, -0.25) is 10.1 Å². The Morgan fingerprint density at radius 1 is 1.64 bits per heavy atom. The van der Waals surface area contributed by atoms with Gasteiger partial charge in [0.25, 0.3) is 5.69 Å². The van der Waals surface area contributed by atoms with Crippen LogP contribution < -0.4 is 10.5 Å². The van der Waals surface area contributed by atoms with Gasteiger partial charge in [-0.15, -0.1) is 0 Å². The minimum absolute atomic E-state index is 0.0310. The third-order valence-electron chi connectivity index (χ3n) is 1.58. The van der Waals surface area contributed by atoms with Crippen LogP contribution in [0.4, 0.5) is 11.4 Å². The molecule has 0 atom stereocenters. The predicted molar refractivity (Wildman–Crippen MR) is 53.7 cm³/mol. The van der Waals surface area contributed by atoms with Crippen LogP contribution in [0, 0.1) is 10.1 Å². The quantitative estimate of drug-likeness (QED) is 0.477. The Hall–Kier alpha value is -1.49. The van der Waals surface area contributed by atoms with Crippen molar-refractivity contribution in [3.8, 4) is 5.75 Å². The number of rotatable bonds is 3. The third-order valence-corrected chi connectivity index (χ3v) is 1.87. The number of ether oxygens (including phenoxy) is 1. The van der Waals surface area contributed by atoms with Crippen LogP contribution in [0.25, 0.3) is 0 Å². The molecule has 0 saturated heterocycles. The molecule has 14 heavy (non-hydrogen) atoms. The van der Waals surface area contributed by atoms with E-state index in [0.717, 1.165) is 0 Å². The summed E-state index contributed by atoms with van der Waals surface area (Å²) in [6.45, 7) is 2.15. The average Bonchev–Trinajstić information content (AvgIpc) is 2.09. The third kappa shape index (κ3) is 2.05. The van der Waals surface area contributed by atoms with E-state index >= 15 is 0 Å². The molecule has 1 rings (SSSR count). The van der Waals surface area contributed by atoms with Crippen molar-refractivity contribution in [2.45, 2.75) is 6.92 Å². The van der Waals surface area contributed by atoms with Gasteiger partial charge in [-0.25, -0.2) is 0 Å². The monoisotopic (exact) mass is 216 g/mol. The fourth-order valence-corrected chi connectivity index (χ4v) is 1.21. The highest BCUT2D eigenvalue weighted by Gasteiger charge is 2.15. The number of hydrogen-bond acceptors (Lipinski definition) is 4. The highest BCUT2D eigenvalue weighted by atomic mass is 35.5. The lowest BCUT2D eigenvalue weighted by Gasteiger charge is -2.06. The summed E-state index contributed by atoms with van der Waals surface area (Å²) in [7, 11) is 0. The van der Waals surface area contributed by atoms with Gasteiger partial charge in [-0.1, -0.05) is 11.6 Å². The van der Waals surface area contributed by atoms with E-state index in [4.69, 9.17) is 22.1 Å². The molecule has 0 aliphatic carbocycles. The van der Waals surface area contributed by atoms with Crippen molar-refractivity contribution in [2.75, 3.05) is 12.3 Å². The van der Waals surface area contributed by atoms with Crippen molar-refractivity contribution in [2.24, 2.45) is 0 Å². The number of hydrogen-bond donors (Lipinski definition) is 1. The van der Waals surface area contributed by atoms with Crippen LogP contribution >= 0.6 is 11.6 Å². The van der Waals surface area contributed by atoms with E-state index in [2.05, 4.69) is 0 Å². The van der Waals surface area contributed by atoms with Gasteiger partial charge >= 0.3 is 0 Å². The summed E-state index contributed by atoms with van der Waals surface area (Å²) in [5, 5.41) is 10.8. The summed E-state index contributed by atoms with van der Waals surface area (Å²) < 4.78 is 5.09. The van der Waals surface area contributed by atoms with Crippen LogP contribution in [0.3, 0.4) is 0 Å². The Morgan fingerprint density at radius 3 is 2.79 bits per heavy atom. The maximum Gasteiger partial charge on any atom is 0.295 e. The Kier molecular flexibility index (Phi) is 3.14. The summed E-state index contributed by atoms with van der Waals surface area (Å²) in [4.78, 5) is 9.94. The van der Waals surface area contributed by atoms with Gasteiger partial charge in [0, 0.05) is 0 Å². The van der Waals surface area contributed by atoms with Gasteiger partial charge in [-0.05, 0) is 13.0 Å². The molecule has 0 spiro atoms. The number of anilines is 1. The smallest absolute Gasteiger partial charge is 0.295 e. The molecule has 0 bridgehead atoms. The molecular formula is C8H9ClN2O3. The highest BCUT2D eigenvalue weighted by molar-refractivity contribution is 6.32. The second kappa shape index (κ2) is 4.15. The zero-order valence-corrected chi connectivity index (χ0v) is 8.25. The van der Waals surface area contributed by atoms with E-state index in [0.29, 0.717) is 6.61 Å². The summed E-state index contributed by atoms with van der Waals surface area (Å²) in [5.74, 6) is 0.273. The first-order chi connectivity index (χ1) is 6.56. The molecule has 0 unspecified atom stereocenters. The first kappa shape index (κ1) is 10.6. The highest BCUT2D eigenvalue weighted by Crippen LogP contribution is 2.33. The van der Waals surface area contributed by atoms with Crippen LogP contribution in [0.15, 0.2) is 12.1 Å². The molecule has 2 N–H and O–H groups in total. The molecular weight excluding hydrogens is 208 g/mol. The lowest BCUT2D eigenvalue weighted by Crippen LogP contribution is -1.98. The van der Waals surface area contributed by atoms with E-state index in [9.17, 15) is 10.1 Å². The number of halogens is 1. The molecule has 0 fully saturated rings. The fourth-order valence-electron chi connectivity index (χ4n) is 0.982. The molecule has 0 heterocycles. The van der Waals surface area contributed by atoms with Crippen molar-refractivity contribution in [1.29, 1.82) is 0 Å². The van der Waals surface area contributed by atoms with Crippen LogP contribution in [0.1, 0.15) is 6.92 Å². The standard InChI is InChI=1S/C8H9ClN2O3/c1-2-14-8-4-7(11(12)13)6(10)3-5(8)9/h3-4H,2,10H2,1H3. The van der Waals surface area contributed by atoms with Gasteiger partial charge in [0.15, 0.2) is 0 Å². The van der Waals surface area contributed by atoms with Crippen LogP contribution in [-0.4, -0.2) is 11.5 Å². The van der Waals surface area contributed by atoms with Gasteiger partial charge in [0.2, 0.25) is 0 Å². The molecule has 0 aliphatic heterocycles. The minimum atomic E-state index is -0.575. The lowest BCUT2D eigenvalue weighted by molar-refractivity contribution is -0.384. The number of nitrogens with zero attached hydrogens (tertiary/aromatic N) is 1. The molecule has 5 nitrogen and oxygen atoms in total. The van der Waals surface area contributed by atoms with E-state index in [1.165, 1.54) is 12.1 Å². The Balaban J connectivity index is 3.20. The largest absolute Gasteiger partial charge is 0.492 e. The SMILES string of the molecule is CCOc1cc([N+](=O)[O-])c(N)cc1Cl. The molecule has 76 valence electrons. The maximum absolute atomic E-state index is 10.5. The maximum atomic E-state index is 10.5. The summed E-state index contributed by atoms with van der Waals surface area (Å²) in [6.07, 6.45) is 0. The zero-order valence-electron chi connectivity index (χ0n) is 7.49. The van der Waals surface area contributed by atoms with Crippen LogP contribution in [0.2, 0.25) is 5.02 Å². The van der Waals surface area contributed by atoms with Gasteiger partial charge in [0.1, 0.15) is 11.4 Å². The minimum Gasteiger partial charge on any atom is -0.492 e. The van der Waals surface area contributed by atoms with Crippen molar-refractivity contribution in [1.82, 2.24) is 0 Å². The number of benzene rings is 1.